The largest absolute Gasteiger partial charge is 0.487 e. The van der Waals surface area contributed by atoms with E-state index in [4.69, 9.17) is 21.1 Å². The van der Waals surface area contributed by atoms with Gasteiger partial charge in [-0.25, -0.2) is 9.79 Å². The summed E-state index contributed by atoms with van der Waals surface area (Å²) in [4.78, 5) is 26.8. The molecular formula is C19H11Br2ClN2O5. The number of carbonyl (C=O) groups excluding carboxylic acids is 1. The summed E-state index contributed by atoms with van der Waals surface area (Å²) >= 11 is 12.7. The van der Waals surface area contributed by atoms with Gasteiger partial charge in [0.15, 0.2) is 5.70 Å². The van der Waals surface area contributed by atoms with Crippen molar-refractivity contribution in [3.63, 3.8) is 0 Å². The Kier molecular flexibility index (Phi) is 6.51. The van der Waals surface area contributed by atoms with Gasteiger partial charge in [-0.05, 0) is 67.8 Å². The van der Waals surface area contributed by atoms with E-state index in [1.54, 1.807) is 18.2 Å². The first-order valence-electron chi connectivity index (χ1n) is 7.99. The fraction of sp³-hybridized carbons (Fsp3) is 0.0526. The summed E-state index contributed by atoms with van der Waals surface area (Å²) in [6.45, 7) is 3.94. The molecule has 0 saturated carbocycles. The van der Waals surface area contributed by atoms with Crippen LogP contribution in [0.2, 0.25) is 5.02 Å². The van der Waals surface area contributed by atoms with E-state index in [2.05, 4.69) is 43.4 Å². The van der Waals surface area contributed by atoms with Crippen LogP contribution in [0.1, 0.15) is 11.1 Å². The van der Waals surface area contributed by atoms with Crippen molar-refractivity contribution >= 4 is 67.1 Å². The molecule has 0 fully saturated rings. The Hall–Kier alpha value is -2.49. The number of rotatable bonds is 6. The summed E-state index contributed by atoms with van der Waals surface area (Å²) in [6, 6.07) is 7.55. The average molecular weight is 543 g/mol. The van der Waals surface area contributed by atoms with Crippen molar-refractivity contribution in [3.8, 4) is 5.75 Å². The number of cyclic esters (lactones) is 1. The van der Waals surface area contributed by atoms with Crippen molar-refractivity contribution < 1.29 is 19.2 Å². The normalized spacial score (nSPS) is 14.5. The van der Waals surface area contributed by atoms with Gasteiger partial charge in [-0.3, -0.25) is 10.1 Å². The van der Waals surface area contributed by atoms with E-state index in [-0.39, 0.29) is 27.9 Å². The second-order valence-electron chi connectivity index (χ2n) is 5.67. The highest BCUT2D eigenvalue weighted by atomic mass is 79.9. The van der Waals surface area contributed by atoms with Crippen LogP contribution in [-0.2, 0) is 9.53 Å². The van der Waals surface area contributed by atoms with Crippen LogP contribution in [-0.4, -0.2) is 23.4 Å². The number of aliphatic imine (C=N–C) groups is 1. The fourth-order valence-corrected chi connectivity index (χ4v) is 4.06. The number of nitro groups is 1. The molecule has 1 aliphatic heterocycles. The maximum Gasteiger partial charge on any atom is 0.363 e. The van der Waals surface area contributed by atoms with Crippen molar-refractivity contribution in [1.82, 2.24) is 0 Å². The van der Waals surface area contributed by atoms with Crippen LogP contribution in [0.4, 0.5) is 5.69 Å². The first kappa shape index (κ1) is 21.2. The minimum Gasteiger partial charge on any atom is -0.487 e. The summed E-state index contributed by atoms with van der Waals surface area (Å²) in [5.41, 5.74) is 0.682. The molecule has 2 aromatic carbocycles. The van der Waals surface area contributed by atoms with E-state index in [1.165, 1.54) is 24.3 Å². The topological polar surface area (TPSA) is 91.0 Å². The molecule has 10 heteroatoms. The molecule has 0 saturated heterocycles. The van der Waals surface area contributed by atoms with Gasteiger partial charge in [0.1, 0.15) is 17.4 Å². The van der Waals surface area contributed by atoms with E-state index < -0.39 is 10.9 Å². The van der Waals surface area contributed by atoms with Crippen molar-refractivity contribution in [2.24, 2.45) is 4.99 Å². The first-order valence-corrected chi connectivity index (χ1v) is 9.96. The van der Waals surface area contributed by atoms with E-state index >= 15 is 0 Å². The summed E-state index contributed by atoms with van der Waals surface area (Å²) in [6.07, 6.45) is 3.16. The number of ether oxygens (including phenoxy) is 2. The molecule has 0 radical (unpaired) electrons. The molecule has 1 heterocycles. The van der Waals surface area contributed by atoms with E-state index in [0.29, 0.717) is 26.9 Å². The van der Waals surface area contributed by atoms with Crippen LogP contribution in [0.25, 0.3) is 6.08 Å². The second-order valence-corrected chi connectivity index (χ2v) is 7.79. The van der Waals surface area contributed by atoms with Crippen molar-refractivity contribution in [3.05, 3.63) is 83.9 Å². The molecule has 29 heavy (non-hydrogen) atoms. The molecule has 0 amide bonds. The molecule has 0 aromatic heterocycles. The van der Waals surface area contributed by atoms with Crippen LogP contribution >= 0.6 is 43.5 Å². The van der Waals surface area contributed by atoms with Gasteiger partial charge < -0.3 is 9.47 Å². The third-order valence-electron chi connectivity index (χ3n) is 3.68. The quantitative estimate of drug-likeness (QED) is 0.154. The van der Waals surface area contributed by atoms with E-state index in [1.807, 2.05) is 0 Å². The SMILES string of the molecule is C=CCOc1c(Br)cc(/C=C2\N=C(c3ccc(Cl)c([N+](=O)[O-])c3)OC2=O)cc1Br. The molecule has 2 aromatic rings. The highest BCUT2D eigenvalue weighted by Crippen LogP contribution is 2.36. The second kappa shape index (κ2) is 8.89. The number of nitro benzene ring substituents is 1. The van der Waals surface area contributed by atoms with Crippen molar-refractivity contribution in [2.75, 3.05) is 6.61 Å². The number of hydrogen-bond donors (Lipinski definition) is 0. The Bertz CT molecular complexity index is 1070. The lowest BCUT2D eigenvalue weighted by Crippen LogP contribution is -2.06. The van der Waals surface area contributed by atoms with Crippen LogP contribution in [0.15, 0.2) is 62.6 Å². The Balaban J connectivity index is 1.94. The minimum atomic E-state index is -0.670. The summed E-state index contributed by atoms with van der Waals surface area (Å²) in [5.74, 6) is -0.111. The zero-order valence-corrected chi connectivity index (χ0v) is 18.5. The molecule has 0 aliphatic carbocycles. The summed E-state index contributed by atoms with van der Waals surface area (Å²) in [7, 11) is 0. The van der Waals surface area contributed by atoms with Crippen molar-refractivity contribution in [2.45, 2.75) is 0 Å². The minimum absolute atomic E-state index is 0.0205. The summed E-state index contributed by atoms with van der Waals surface area (Å²) < 4.78 is 12.1. The van der Waals surface area contributed by atoms with Crippen LogP contribution in [0, 0.1) is 10.1 Å². The summed E-state index contributed by atoms with van der Waals surface area (Å²) in [5, 5.41) is 11.0. The Morgan fingerprint density at radius 2 is 1.97 bits per heavy atom. The molecule has 3 rings (SSSR count). The third-order valence-corrected chi connectivity index (χ3v) is 5.18. The molecule has 0 unspecified atom stereocenters. The molecule has 0 N–H and O–H groups in total. The Morgan fingerprint density at radius 1 is 1.28 bits per heavy atom. The van der Waals surface area contributed by atoms with E-state index in [0.717, 1.165) is 0 Å². The first-order chi connectivity index (χ1) is 13.8. The predicted octanol–water partition coefficient (Wildman–Crippen LogP) is 5.68. The predicted molar refractivity (Wildman–Crippen MR) is 116 cm³/mol. The monoisotopic (exact) mass is 540 g/mol. The maximum atomic E-state index is 12.2. The average Bonchev–Trinajstić information content (AvgIpc) is 3.01. The lowest BCUT2D eigenvalue weighted by atomic mass is 10.2. The molecule has 0 spiro atoms. The number of hydrogen-bond acceptors (Lipinski definition) is 6. The number of carbonyl (C=O) groups is 1. The number of nitrogens with zero attached hydrogens (tertiary/aromatic N) is 2. The van der Waals surface area contributed by atoms with Gasteiger partial charge in [0.25, 0.3) is 5.69 Å². The van der Waals surface area contributed by atoms with Gasteiger partial charge in [-0.2, -0.15) is 0 Å². The molecule has 7 nitrogen and oxygen atoms in total. The smallest absolute Gasteiger partial charge is 0.363 e. The molecule has 1 aliphatic rings. The fourth-order valence-electron chi connectivity index (χ4n) is 2.42. The number of benzene rings is 2. The number of esters is 1. The molecule has 0 bridgehead atoms. The zero-order chi connectivity index (χ0) is 21.1. The van der Waals surface area contributed by atoms with Crippen LogP contribution in [0.5, 0.6) is 5.75 Å². The Labute approximate surface area is 187 Å². The van der Waals surface area contributed by atoms with Gasteiger partial charge in [-0.1, -0.05) is 24.3 Å². The highest BCUT2D eigenvalue weighted by molar-refractivity contribution is 9.11. The molecular weight excluding hydrogens is 531 g/mol. The van der Waals surface area contributed by atoms with Gasteiger partial charge in [0.05, 0.1) is 13.9 Å². The van der Waals surface area contributed by atoms with Crippen LogP contribution in [0.3, 0.4) is 0 Å². The number of halogens is 3. The van der Waals surface area contributed by atoms with Gasteiger partial charge >= 0.3 is 5.97 Å². The van der Waals surface area contributed by atoms with Crippen molar-refractivity contribution in [1.29, 1.82) is 0 Å². The molecule has 148 valence electrons. The van der Waals surface area contributed by atoms with Gasteiger partial charge in [-0.15, -0.1) is 0 Å². The molecule has 0 atom stereocenters. The maximum absolute atomic E-state index is 12.2. The lowest BCUT2D eigenvalue weighted by Gasteiger charge is -2.09. The van der Waals surface area contributed by atoms with Gasteiger partial charge in [0.2, 0.25) is 5.90 Å². The van der Waals surface area contributed by atoms with Gasteiger partial charge in [0, 0.05) is 11.6 Å². The Morgan fingerprint density at radius 3 is 2.59 bits per heavy atom. The zero-order valence-electron chi connectivity index (χ0n) is 14.5. The highest BCUT2D eigenvalue weighted by Gasteiger charge is 2.26. The third kappa shape index (κ3) is 4.75. The van der Waals surface area contributed by atoms with E-state index in [9.17, 15) is 14.9 Å². The van der Waals surface area contributed by atoms with Crippen LogP contribution < -0.4 is 4.74 Å². The standard InChI is InChI=1S/C19H11Br2ClN2O5/c1-2-5-28-17-12(20)6-10(7-13(17)21)8-15-19(25)29-18(23-15)11-3-4-14(22)16(9-11)24(26)27/h2-4,6-9H,1,5H2/b15-8-. The lowest BCUT2D eigenvalue weighted by molar-refractivity contribution is -0.384.